The third kappa shape index (κ3) is 3.08. The number of carbonyl (C=O) groups excluding carboxylic acids is 1. The molecule has 1 aromatic heterocycles. The zero-order valence-corrected chi connectivity index (χ0v) is 12.7. The third-order valence-electron chi connectivity index (χ3n) is 3.17. The van der Waals surface area contributed by atoms with Crippen LogP contribution in [0, 0.1) is 5.82 Å². The van der Waals surface area contributed by atoms with E-state index in [9.17, 15) is 9.18 Å². The van der Waals surface area contributed by atoms with Crippen LogP contribution in [0.3, 0.4) is 0 Å². The SMILES string of the molecule is O=C(Cc1coc2ccc(F)cc12)Nc1ccc(Cl)cc1Cl. The number of rotatable bonds is 3. The second kappa shape index (κ2) is 5.99. The number of furan rings is 1. The number of fused-ring (bicyclic) bond motifs is 1. The van der Waals surface area contributed by atoms with Crippen molar-refractivity contribution in [3.63, 3.8) is 0 Å². The van der Waals surface area contributed by atoms with E-state index in [1.165, 1.54) is 24.5 Å². The van der Waals surface area contributed by atoms with Crippen LogP contribution in [0.4, 0.5) is 10.1 Å². The molecule has 112 valence electrons. The van der Waals surface area contributed by atoms with Crippen LogP contribution in [0.1, 0.15) is 5.56 Å². The van der Waals surface area contributed by atoms with Gasteiger partial charge in [-0.05, 0) is 36.4 Å². The van der Waals surface area contributed by atoms with Crippen LogP contribution in [-0.4, -0.2) is 5.91 Å². The largest absolute Gasteiger partial charge is 0.464 e. The molecule has 22 heavy (non-hydrogen) atoms. The number of nitrogens with one attached hydrogen (secondary N) is 1. The number of halogens is 3. The van der Waals surface area contributed by atoms with Crippen molar-refractivity contribution in [2.45, 2.75) is 6.42 Å². The number of amides is 1. The number of carbonyl (C=O) groups is 1. The van der Waals surface area contributed by atoms with Crippen LogP contribution in [0.15, 0.2) is 47.1 Å². The smallest absolute Gasteiger partial charge is 0.228 e. The lowest BCUT2D eigenvalue weighted by Gasteiger charge is -2.07. The lowest BCUT2D eigenvalue weighted by Crippen LogP contribution is -2.14. The van der Waals surface area contributed by atoms with E-state index in [2.05, 4.69) is 5.32 Å². The lowest BCUT2D eigenvalue weighted by atomic mass is 10.1. The molecule has 0 aliphatic heterocycles. The van der Waals surface area contributed by atoms with Crippen LogP contribution in [-0.2, 0) is 11.2 Å². The fourth-order valence-electron chi connectivity index (χ4n) is 2.15. The molecule has 3 aromatic rings. The molecule has 1 heterocycles. The normalized spacial score (nSPS) is 10.9. The first kappa shape index (κ1) is 14.9. The van der Waals surface area contributed by atoms with Crippen LogP contribution < -0.4 is 5.32 Å². The quantitative estimate of drug-likeness (QED) is 0.725. The van der Waals surface area contributed by atoms with E-state index >= 15 is 0 Å². The van der Waals surface area contributed by atoms with Gasteiger partial charge in [-0.25, -0.2) is 4.39 Å². The Kier molecular flexibility index (Phi) is 4.05. The minimum absolute atomic E-state index is 0.0510. The van der Waals surface area contributed by atoms with Crippen LogP contribution in [0.2, 0.25) is 10.0 Å². The van der Waals surface area contributed by atoms with Gasteiger partial charge >= 0.3 is 0 Å². The van der Waals surface area contributed by atoms with Crippen LogP contribution in [0.5, 0.6) is 0 Å². The van der Waals surface area contributed by atoms with Crippen LogP contribution >= 0.6 is 23.2 Å². The zero-order valence-electron chi connectivity index (χ0n) is 11.2. The van der Waals surface area contributed by atoms with Gasteiger partial charge in [0.15, 0.2) is 0 Å². The van der Waals surface area contributed by atoms with Gasteiger partial charge in [0.2, 0.25) is 5.91 Å². The molecule has 0 radical (unpaired) electrons. The summed E-state index contributed by atoms with van der Waals surface area (Å²) in [7, 11) is 0. The summed E-state index contributed by atoms with van der Waals surface area (Å²) in [5.41, 5.74) is 1.61. The van der Waals surface area contributed by atoms with E-state index in [0.717, 1.165) is 0 Å². The van der Waals surface area contributed by atoms with Crippen molar-refractivity contribution < 1.29 is 13.6 Å². The second-order valence-electron chi connectivity index (χ2n) is 4.75. The van der Waals surface area contributed by atoms with E-state index in [0.29, 0.717) is 32.3 Å². The summed E-state index contributed by atoms with van der Waals surface area (Å²) >= 11 is 11.8. The molecule has 0 aliphatic rings. The Labute approximate surface area is 135 Å². The van der Waals surface area contributed by atoms with Crippen molar-refractivity contribution in [2.24, 2.45) is 0 Å². The van der Waals surface area contributed by atoms with Gasteiger partial charge in [-0.3, -0.25) is 4.79 Å². The van der Waals surface area contributed by atoms with Crippen LogP contribution in [0.25, 0.3) is 11.0 Å². The highest BCUT2D eigenvalue weighted by molar-refractivity contribution is 6.36. The molecule has 1 amide bonds. The Morgan fingerprint density at radius 3 is 2.77 bits per heavy atom. The maximum atomic E-state index is 13.3. The summed E-state index contributed by atoms with van der Waals surface area (Å²) in [5, 5.41) is 4.11. The lowest BCUT2D eigenvalue weighted by molar-refractivity contribution is -0.115. The number of benzene rings is 2. The molecule has 2 aromatic carbocycles. The van der Waals surface area contributed by atoms with E-state index < -0.39 is 0 Å². The van der Waals surface area contributed by atoms with E-state index in [1.54, 1.807) is 18.2 Å². The molecule has 0 bridgehead atoms. The molecular formula is C16H10Cl2FNO2. The van der Waals surface area contributed by atoms with Gasteiger partial charge in [0, 0.05) is 16.0 Å². The number of hydrogen-bond acceptors (Lipinski definition) is 2. The molecule has 0 atom stereocenters. The van der Waals surface area contributed by atoms with Gasteiger partial charge in [0.25, 0.3) is 0 Å². The standard InChI is InChI=1S/C16H10Cl2FNO2/c17-10-1-3-14(13(18)6-10)20-16(21)5-9-8-22-15-4-2-11(19)7-12(9)15/h1-4,6-8H,5H2,(H,20,21). The molecule has 0 fully saturated rings. The summed E-state index contributed by atoms with van der Waals surface area (Å²) in [5.74, 6) is -0.660. The molecule has 6 heteroatoms. The Bertz CT molecular complexity index is 860. The molecule has 3 nitrogen and oxygen atoms in total. The zero-order chi connectivity index (χ0) is 15.7. The summed E-state index contributed by atoms with van der Waals surface area (Å²) in [6.07, 6.45) is 1.50. The predicted octanol–water partition coefficient (Wildman–Crippen LogP) is 5.06. The summed E-state index contributed by atoms with van der Waals surface area (Å²) in [6, 6.07) is 8.98. The Hall–Kier alpha value is -2.04. The monoisotopic (exact) mass is 337 g/mol. The highest BCUT2D eigenvalue weighted by Gasteiger charge is 2.12. The minimum Gasteiger partial charge on any atom is -0.464 e. The van der Waals surface area contributed by atoms with Gasteiger partial charge in [0.05, 0.1) is 23.4 Å². The van der Waals surface area contributed by atoms with Crippen molar-refractivity contribution in [2.75, 3.05) is 5.32 Å². The van der Waals surface area contributed by atoms with Crippen molar-refractivity contribution in [3.8, 4) is 0 Å². The predicted molar refractivity (Wildman–Crippen MR) is 85.0 cm³/mol. The molecule has 1 N–H and O–H groups in total. The highest BCUT2D eigenvalue weighted by atomic mass is 35.5. The Balaban J connectivity index is 1.79. The van der Waals surface area contributed by atoms with E-state index in [1.807, 2.05) is 0 Å². The van der Waals surface area contributed by atoms with Crippen molar-refractivity contribution in [1.82, 2.24) is 0 Å². The number of hydrogen-bond donors (Lipinski definition) is 1. The maximum Gasteiger partial charge on any atom is 0.228 e. The minimum atomic E-state index is -0.378. The molecular weight excluding hydrogens is 328 g/mol. The van der Waals surface area contributed by atoms with Gasteiger partial charge in [-0.1, -0.05) is 23.2 Å². The molecule has 0 unspecified atom stereocenters. The van der Waals surface area contributed by atoms with Crippen molar-refractivity contribution in [3.05, 3.63) is 64.1 Å². The van der Waals surface area contributed by atoms with Gasteiger partial charge < -0.3 is 9.73 Å². The molecule has 0 spiro atoms. The fraction of sp³-hybridized carbons (Fsp3) is 0.0625. The maximum absolute atomic E-state index is 13.3. The second-order valence-corrected chi connectivity index (χ2v) is 5.59. The first-order chi connectivity index (χ1) is 10.5. The van der Waals surface area contributed by atoms with E-state index in [4.69, 9.17) is 27.6 Å². The molecule has 0 saturated heterocycles. The van der Waals surface area contributed by atoms with Crippen molar-refractivity contribution >= 4 is 45.8 Å². The summed E-state index contributed by atoms with van der Waals surface area (Å²) in [6.45, 7) is 0. The molecule has 0 saturated carbocycles. The van der Waals surface area contributed by atoms with Gasteiger partial charge in [-0.2, -0.15) is 0 Å². The Morgan fingerprint density at radius 1 is 1.18 bits per heavy atom. The van der Waals surface area contributed by atoms with Gasteiger partial charge in [0.1, 0.15) is 11.4 Å². The third-order valence-corrected chi connectivity index (χ3v) is 3.72. The molecule has 0 aliphatic carbocycles. The topological polar surface area (TPSA) is 42.2 Å². The first-order valence-electron chi connectivity index (χ1n) is 6.43. The van der Waals surface area contributed by atoms with Gasteiger partial charge in [-0.15, -0.1) is 0 Å². The Morgan fingerprint density at radius 2 is 2.00 bits per heavy atom. The van der Waals surface area contributed by atoms with E-state index in [-0.39, 0.29) is 18.1 Å². The number of anilines is 1. The van der Waals surface area contributed by atoms with Crippen molar-refractivity contribution in [1.29, 1.82) is 0 Å². The average molecular weight is 338 g/mol. The highest BCUT2D eigenvalue weighted by Crippen LogP contribution is 2.26. The summed E-state index contributed by atoms with van der Waals surface area (Å²) in [4.78, 5) is 12.1. The average Bonchev–Trinajstić information content (AvgIpc) is 2.84. The summed E-state index contributed by atoms with van der Waals surface area (Å²) < 4.78 is 18.6. The molecule has 3 rings (SSSR count). The first-order valence-corrected chi connectivity index (χ1v) is 7.19. The fourth-order valence-corrected chi connectivity index (χ4v) is 2.60.